The molecule has 0 aliphatic heterocycles. The van der Waals surface area contributed by atoms with Gasteiger partial charge in [0.2, 0.25) is 0 Å². The lowest BCUT2D eigenvalue weighted by atomic mass is 10.0. The van der Waals surface area contributed by atoms with Crippen LogP contribution in [0.4, 0.5) is 0 Å². The van der Waals surface area contributed by atoms with Gasteiger partial charge in [-0.05, 0) is 12.3 Å². The van der Waals surface area contributed by atoms with Crippen molar-refractivity contribution in [2.24, 2.45) is 5.92 Å². The van der Waals surface area contributed by atoms with Gasteiger partial charge in [-0.1, -0.05) is 13.8 Å². The van der Waals surface area contributed by atoms with Crippen LogP contribution in [0.1, 0.15) is 26.0 Å². The van der Waals surface area contributed by atoms with Crippen LogP contribution in [0.3, 0.4) is 0 Å². The highest BCUT2D eigenvalue weighted by Crippen LogP contribution is 2.14. The minimum atomic E-state index is -0.269. The van der Waals surface area contributed by atoms with E-state index in [0.29, 0.717) is 12.3 Å². The van der Waals surface area contributed by atoms with Gasteiger partial charge in [0.25, 0.3) is 0 Å². The summed E-state index contributed by atoms with van der Waals surface area (Å²) in [6.07, 6.45) is 5.22. The van der Waals surface area contributed by atoms with E-state index in [1.807, 2.05) is 22.2 Å². The van der Waals surface area contributed by atoms with Crippen LogP contribution in [0.25, 0.3) is 4.96 Å². The molecule has 2 heterocycles. The highest BCUT2D eigenvalue weighted by molar-refractivity contribution is 7.15. The number of aliphatic hydroxyl groups excluding tert-OH is 1. The zero-order chi connectivity index (χ0) is 10.8. The minimum Gasteiger partial charge on any atom is -0.393 e. The maximum absolute atomic E-state index is 9.79. The Bertz CT molecular complexity index is 404. The molecule has 2 aromatic rings. The molecule has 0 fully saturated rings. The number of aromatic nitrogens is 2. The molecule has 0 saturated heterocycles. The van der Waals surface area contributed by atoms with E-state index in [1.54, 1.807) is 11.3 Å². The Labute approximate surface area is 93.4 Å². The summed E-state index contributed by atoms with van der Waals surface area (Å²) in [4.78, 5) is 5.44. The topological polar surface area (TPSA) is 37.5 Å². The fraction of sp³-hybridized carbons (Fsp3) is 0.545. The Kier molecular flexibility index (Phi) is 3.07. The van der Waals surface area contributed by atoms with E-state index in [1.165, 1.54) is 0 Å². The molecule has 2 aromatic heterocycles. The van der Waals surface area contributed by atoms with Gasteiger partial charge in [-0.15, -0.1) is 11.3 Å². The van der Waals surface area contributed by atoms with Gasteiger partial charge >= 0.3 is 0 Å². The molecule has 1 atom stereocenters. The van der Waals surface area contributed by atoms with Crippen LogP contribution >= 0.6 is 11.3 Å². The Morgan fingerprint density at radius 2 is 2.33 bits per heavy atom. The highest BCUT2D eigenvalue weighted by atomic mass is 32.1. The molecule has 0 aromatic carbocycles. The Balaban J connectivity index is 2.02. The molecule has 0 aliphatic carbocycles. The SMILES string of the molecule is CC(C)CC(O)Cc1cn2ccsc2n1. The number of rotatable bonds is 4. The summed E-state index contributed by atoms with van der Waals surface area (Å²) >= 11 is 1.62. The van der Waals surface area contributed by atoms with Crippen molar-refractivity contribution in [1.82, 2.24) is 9.38 Å². The first-order valence-electron chi connectivity index (χ1n) is 5.24. The van der Waals surface area contributed by atoms with Crippen molar-refractivity contribution in [2.75, 3.05) is 0 Å². The Morgan fingerprint density at radius 1 is 1.53 bits per heavy atom. The molecule has 0 amide bonds. The van der Waals surface area contributed by atoms with Gasteiger partial charge in [0.1, 0.15) is 0 Å². The van der Waals surface area contributed by atoms with Gasteiger partial charge in [-0.3, -0.25) is 4.40 Å². The van der Waals surface area contributed by atoms with E-state index >= 15 is 0 Å². The maximum atomic E-state index is 9.79. The van der Waals surface area contributed by atoms with E-state index in [2.05, 4.69) is 18.8 Å². The lowest BCUT2D eigenvalue weighted by molar-refractivity contribution is 0.148. The van der Waals surface area contributed by atoms with Gasteiger partial charge in [-0.25, -0.2) is 4.98 Å². The van der Waals surface area contributed by atoms with Crippen molar-refractivity contribution in [2.45, 2.75) is 32.8 Å². The number of imidazole rings is 1. The second-order valence-corrected chi connectivity index (χ2v) is 5.19. The van der Waals surface area contributed by atoms with E-state index in [4.69, 9.17) is 0 Å². The smallest absolute Gasteiger partial charge is 0.193 e. The van der Waals surface area contributed by atoms with Gasteiger partial charge in [0.15, 0.2) is 4.96 Å². The van der Waals surface area contributed by atoms with Crippen molar-refractivity contribution in [3.63, 3.8) is 0 Å². The first kappa shape index (κ1) is 10.6. The monoisotopic (exact) mass is 224 g/mol. The predicted octanol–water partition coefficient (Wildman–Crippen LogP) is 2.35. The molecule has 0 aliphatic rings. The molecule has 1 N–H and O–H groups in total. The van der Waals surface area contributed by atoms with E-state index in [-0.39, 0.29) is 6.10 Å². The number of nitrogens with zero attached hydrogens (tertiary/aromatic N) is 2. The normalized spacial score (nSPS) is 13.9. The van der Waals surface area contributed by atoms with Crippen LogP contribution in [-0.2, 0) is 6.42 Å². The summed E-state index contributed by atoms with van der Waals surface area (Å²) in [7, 11) is 0. The van der Waals surface area contributed by atoms with Crippen molar-refractivity contribution in [1.29, 1.82) is 0 Å². The molecule has 15 heavy (non-hydrogen) atoms. The van der Waals surface area contributed by atoms with E-state index < -0.39 is 0 Å². The fourth-order valence-corrected chi connectivity index (χ4v) is 2.46. The van der Waals surface area contributed by atoms with Crippen LogP contribution in [0.15, 0.2) is 17.8 Å². The quantitative estimate of drug-likeness (QED) is 0.865. The number of fused-ring (bicyclic) bond motifs is 1. The van der Waals surface area contributed by atoms with Gasteiger partial charge in [-0.2, -0.15) is 0 Å². The number of thiazole rings is 1. The predicted molar refractivity (Wildman–Crippen MR) is 62.2 cm³/mol. The molecular formula is C11H16N2OS. The zero-order valence-corrected chi connectivity index (χ0v) is 9.87. The summed E-state index contributed by atoms with van der Waals surface area (Å²) in [5.74, 6) is 0.531. The molecular weight excluding hydrogens is 208 g/mol. The van der Waals surface area contributed by atoms with Crippen LogP contribution in [-0.4, -0.2) is 20.6 Å². The highest BCUT2D eigenvalue weighted by Gasteiger charge is 2.10. The fourth-order valence-electron chi connectivity index (χ4n) is 1.74. The van der Waals surface area contributed by atoms with E-state index in [9.17, 15) is 5.11 Å². The maximum Gasteiger partial charge on any atom is 0.193 e. The van der Waals surface area contributed by atoms with Crippen molar-refractivity contribution < 1.29 is 5.11 Å². The standard InChI is InChI=1S/C11H16N2OS/c1-8(2)5-10(14)6-9-7-13-3-4-15-11(13)12-9/h3-4,7-8,10,14H,5-6H2,1-2H3. The number of aliphatic hydroxyl groups is 1. The molecule has 0 radical (unpaired) electrons. The largest absolute Gasteiger partial charge is 0.393 e. The molecule has 4 heteroatoms. The lowest BCUT2D eigenvalue weighted by Gasteiger charge is -2.10. The second-order valence-electron chi connectivity index (χ2n) is 4.31. The second kappa shape index (κ2) is 4.33. The Morgan fingerprint density at radius 3 is 3.00 bits per heavy atom. The third kappa shape index (κ3) is 2.58. The van der Waals surface area contributed by atoms with Crippen molar-refractivity contribution in [3.05, 3.63) is 23.5 Å². The molecule has 0 saturated carbocycles. The molecule has 0 spiro atoms. The van der Waals surface area contributed by atoms with E-state index in [0.717, 1.165) is 17.1 Å². The molecule has 0 bridgehead atoms. The minimum absolute atomic E-state index is 0.269. The third-order valence-electron chi connectivity index (χ3n) is 2.33. The van der Waals surface area contributed by atoms with Crippen LogP contribution in [0, 0.1) is 5.92 Å². The van der Waals surface area contributed by atoms with Crippen LogP contribution in [0.5, 0.6) is 0 Å². The first-order valence-corrected chi connectivity index (χ1v) is 6.12. The zero-order valence-electron chi connectivity index (χ0n) is 9.05. The molecule has 1 unspecified atom stereocenters. The summed E-state index contributed by atoms with van der Waals surface area (Å²) in [6.45, 7) is 4.24. The first-order chi connectivity index (χ1) is 7.15. The number of hydrogen-bond acceptors (Lipinski definition) is 3. The van der Waals surface area contributed by atoms with Crippen LogP contribution < -0.4 is 0 Å². The third-order valence-corrected chi connectivity index (χ3v) is 3.10. The summed E-state index contributed by atoms with van der Waals surface area (Å²) in [5.41, 5.74) is 0.981. The summed E-state index contributed by atoms with van der Waals surface area (Å²) < 4.78 is 2.00. The van der Waals surface area contributed by atoms with Crippen LogP contribution in [0.2, 0.25) is 0 Å². The van der Waals surface area contributed by atoms with Crippen molar-refractivity contribution in [3.8, 4) is 0 Å². The lowest BCUT2D eigenvalue weighted by Crippen LogP contribution is -2.13. The Hall–Kier alpha value is -0.870. The average Bonchev–Trinajstić information content (AvgIpc) is 2.60. The molecule has 3 nitrogen and oxygen atoms in total. The van der Waals surface area contributed by atoms with Gasteiger partial charge < -0.3 is 5.11 Å². The number of hydrogen-bond donors (Lipinski definition) is 1. The average molecular weight is 224 g/mol. The van der Waals surface area contributed by atoms with Gasteiger partial charge in [0.05, 0.1) is 11.8 Å². The molecule has 82 valence electrons. The summed E-state index contributed by atoms with van der Waals surface area (Å²) in [5, 5.41) is 11.8. The molecule has 2 rings (SSSR count). The van der Waals surface area contributed by atoms with Gasteiger partial charge in [0, 0.05) is 24.2 Å². The van der Waals surface area contributed by atoms with Crippen molar-refractivity contribution >= 4 is 16.3 Å². The summed E-state index contributed by atoms with van der Waals surface area (Å²) in [6, 6.07) is 0.